The molecule has 0 fully saturated rings. The highest BCUT2D eigenvalue weighted by Gasteiger charge is 2.17. The second kappa shape index (κ2) is 9.30. The Hall–Kier alpha value is -3.55. The molecule has 8 heteroatoms. The monoisotopic (exact) mass is 450 g/mol. The lowest BCUT2D eigenvalue weighted by Crippen LogP contribution is -2.07. The lowest BCUT2D eigenvalue weighted by molar-refractivity contribution is 0.103. The van der Waals surface area contributed by atoms with Gasteiger partial charge in [0.2, 0.25) is 0 Å². The highest BCUT2D eigenvalue weighted by atomic mass is 35.5. The van der Waals surface area contributed by atoms with Crippen molar-refractivity contribution >= 4 is 28.8 Å². The van der Waals surface area contributed by atoms with Crippen LogP contribution in [0.5, 0.6) is 0 Å². The average molecular weight is 451 g/mol. The Morgan fingerprint density at radius 1 is 1.09 bits per heavy atom. The predicted octanol–water partition coefficient (Wildman–Crippen LogP) is 4.88. The molecule has 4 aromatic rings. The molecule has 0 spiro atoms. The van der Waals surface area contributed by atoms with E-state index in [0.29, 0.717) is 40.3 Å². The standard InChI is InChI=1S/C24H20ClFN4O2/c1-15-5-7-20(30-14-19(9-10-31)28-29-30)13-22(15)24(32)21-8-6-18(12-23(21)25)27-17-4-2-3-16(26)11-17/h2-8,11-14,27,31H,9-10H2,1H3. The number of aryl methyl sites for hydroxylation is 1. The van der Waals surface area contributed by atoms with Crippen LogP contribution in [0.15, 0.2) is 66.9 Å². The Kier molecular flexibility index (Phi) is 6.30. The van der Waals surface area contributed by atoms with Gasteiger partial charge < -0.3 is 10.4 Å². The van der Waals surface area contributed by atoms with Gasteiger partial charge in [0.05, 0.1) is 22.6 Å². The van der Waals surface area contributed by atoms with Crippen molar-refractivity contribution in [1.82, 2.24) is 15.0 Å². The molecular weight excluding hydrogens is 431 g/mol. The molecule has 1 heterocycles. The summed E-state index contributed by atoms with van der Waals surface area (Å²) in [6, 6.07) is 16.5. The van der Waals surface area contributed by atoms with Gasteiger partial charge in [0, 0.05) is 35.5 Å². The van der Waals surface area contributed by atoms with Gasteiger partial charge in [-0.2, -0.15) is 0 Å². The number of benzene rings is 3. The van der Waals surface area contributed by atoms with Gasteiger partial charge in [0.1, 0.15) is 5.82 Å². The van der Waals surface area contributed by atoms with E-state index in [2.05, 4.69) is 15.6 Å². The molecule has 6 nitrogen and oxygen atoms in total. The average Bonchev–Trinajstić information content (AvgIpc) is 3.23. The molecule has 32 heavy (non-hydrogen) atoms. The fourth-order valence-corrected chi connectivity index (χ4v) is 3.57. The first-order chi connectivity index (χ1) is 15.4. The van der Waals surface area contributed by atoms with Crippen LogP contribution in [0.25, 0.3) is 5.69 Å². The SMILES string of the molecule is Cc1ccc(-n2cc(CCO)nn2)cc1C(=O)c1ccc(Nc2cccc(F)c2)cc1Cl. The van der Waals surface area contributed by atoms with Gasteiger partial charge in [0.15, 0.2) is 5.78 Å². The van der Waals surface area contributed by atoms with E-state index < -0.39 is 0 Å². The Morgan fingerprint density at radius 3 is 2.66 bits per heavy atom. The highest BCUT2D eigenvalue weighted by Crippen LogP contribution is 2.27. The Labute approximate surface area is 189 Å². The summed E-state index contributed by atoms with van der Waals surface area (Å²) in [7, 11) is 0. The summed E-state index contributed by atoms with van der Waals surface area (Å²) in [5.41, 5.74) is 4.21. The van der Waals surface area contributed by atoms with Crippen molar-refractivity contribution in [3.63, 3.8) is 0 Å². The number of anilines is 2. The molecule has 2 N–H and O–H groups in total. The van der Waals surface area contributed by atoms with Crippen LogP contribution < -0.4 is 5.32 Å². The van der Waals surface area contributed by atoms with Crippen LogP contribution in [0.3, 0.4) is 0 Å². The number of aliphatic hydroxyl groups excluding tert-OH is 1. The van der Waals surface area contributed by atoms with Crippen LogP contribution in [0.4, 0.5) is 15.8 Å². The normalized spacial score (nSPS) is 10.9. The predicted molar refractivity (Wildman–Crippen MR) is 121 cm³/mol. The zero-order valence-electron chi connectivity index (χ0n) is 17.2. The van der Waals surface area contributed by atoms with Crippen LogP contribution in [-0.4, -0.2) is 32.5 Å². The fraction of sp³-hybridized carbons (Fsp3) is 0.125. The molecule has 0 aliphatic rings. The quantitative estimate of drug-likeness (QED) is 0.392. The molecule has 0 saturated heterocycles. The van der Waals surface area contributed by atoms with E-state index in [1.54, 1.807) is 47.3 Å². The Bertz CT molecular complexity index is 1290. The second-order valence-corrected chi connectivity index (χ2v) is 7.69. The van der Waals surface area contributed by atoms with Crippen molar-refractivity contribution in [2.45, 2.75) is 13.3 Å². The molecule has 0 atom stereocenters. The summed E-state index contributed by atoms with van der Waals surface area (Å²) in [6.45, 7) is 1.84. The number of nitrogens with one attached hydrogen (secondary N) is 1. The number of ketones is 1. The summed E-state index contributed by atoms with van der Waals surface area (Å²) < 4.78 is 15.0. The van der Waals surface area contributed by atoms with E-state index in [1.165, 1.54) is 12.1 Å². The lowest BCUT2D eigenvalue weighted by Gasteiger charge is -2.11. The maximum absolute atomic E-state index is 13.4. The molecule has 3 aromatic carbocycles. The molecule has 4 rings (SSSR count). The summed E-state index contributed by atoms with van der Waals surface area (Å²) in [4.78, 5) is 13.3. The van der Waals surface area contributed by atoms with Gasteiger partial charge in [-0.05, 0) is 61.0 Å². The zero-order valence-corrected chi connectivity index (χ0v) is 18.0. The maximum atomic E-state index is 13.4. The van der Waals surface area contributed by atoms with Crippen molar-refractivity contribution in [2.24, 2.45) is 0 Å². The molecule has 0 aliphatic heterocycles. The Balaban J connectivity index is 1.60. The molecular formula is C24H20ClFN4O2. The summed E-state index contributed by atoms with van der Waals surface area (Å²) in [5.74, 6) is -0.568. The van der Waals surface area contributed by atoms with Gasteiger partial charge in [-0.3, -0.25) is 4.79 Å². The van der Waals surface area contributed by atoms with E-state index in [4.69, 9.17) is 16.7 Å². The summed E-state index contributed by atoms with van der Waals surface area (Å²) in [5, 5.41) is 20.5. The number of carbonyl (C=O) groups is 1. The number of rotatable bonds is 7. The van der Waals surface area contributed by atoms with E-state index in [1.807, 2.05) is 19.1 Å². The number of halogens is 2. The number of hydrogen-bond acceptors (Lipinski definition) is 5. The summed E-state index contributed by atoms with van der Waals surface area (Å²) in [6.07, 6.45) is 2.12. The fourth-order valence-electron chi connectivity index (χ4n) is 3.31. The molecule has 0 radical (unpaired) electrons. The molecule has 0 unspecified atom stereocenters. The zero-order chi connectivity index (χ0) is 22.7. The van der Waals surface area contributed by atoms with Gasteiger partial charge >= 0.3 is 0 Å². The first-order valence-corrected chi connectivity index (χ1v) is 10.3. The number of nitrogens with zero attached hydrogens (tertiary/aromatic N) is 3. The third kappa shape index (κ3) is 4.69. The van der Waals surface area contributed by atoms with Gasteiger partial charge in [-0.1, -0.05) is 28.9 Å². The van der Waals surface area contributed by atoms with E-state index in [9.17, 15) is 9.18 Å². The smallest absolute Gasteiger partial charge is 0.194 e. The third-order valence-corrected chi connectivity index (χ3v) is 5.28. The number of aliphatic hydroxyl groups is 1. The minimum absolute atomic E-state index is 0.0150. The van der Waals surface area contributed by atoms with Crippen molar-refractivity contribution in [2.75, 3.05) is 11.9 Å². The topological polar surface area (TPSA) is 80.0 Å². The molecule has 0 bridgehead atoms. The first kappa shape index (κ1) is 21.7. The van der Waals surface area contributed by atoms with Crippen LogP contribution in [0.2, 0.25) is 5.02 Å². The van der Waals surface area contributed by atoms with Crippen molar-refractivity contribution in [1.29, 1.82) is 0 Å². The Morgan fingerprint density at radius 2 is 1.91 bits per heavy atom. The summed E-state index contributed by atoms with van der Waals surface area (Å²) >= 11 is 6.43. The van der Waals surface area contributed by atoms with Gasteiger partial charge in [0.25, 0.3) is 0 Å². The lowest BCUT2D eigenvalue weighted by atomic mass is 9.98. The number of hydrogen-bond donors (Lipinski definition) is 2. The van der Waals surface area contributed by atoms with E-state index >= 15 is 0 Å². The van der Waals surface area contributed by atoms with E-state index in [0.717, 1.165) is 5.56 Å². The van der Waals surface area contributed by atoms with Crippen LogP contribution in [-0.2, 0) is 6.42 Å². The van der Waals surface area contributed by atoms with Crippen molar-refractivity contribution < 1.29 is 14.3 Å². The molecule has 0 amide bonds. The van der Waals surface area contributed by atoms with Crippen molar-refractivity contribution in [3.05, 3.63) is 100 Å². The van der Waals surface area contributed by atoms with Crippen LogP contribution in [0.1, 0.15) is 27.2 Å². The number of aromatic nitrogens is 3. The second-order valence-electron chi connectivity index (χ2n) is 7.29. The van der Waals surface area contributed by atoms with Crippen LogP contribution >= 0.6 is 11.6 Å². The van der Waals surface area contributed by atoms with E-state index in [-0.39, 0.29) is 23.2 Å². The largest absolute Gasteiger partial charge is 0.396 e. The maximum Gasteiger partial charge on any atom is 0.194 e. The molecule has 0 aliphatic carbocycles. The molecule has 162 valence electrons. The first-order valence-electron chi connectivity index (χ1n) is 9.94. The third-order valence-electron chi connectivity index (χ3n) is 4.97. The van der Waals surface area contributed by atoms with Crippen molar-refractivity contribution in [3.8, 4) is 5.69 Å². The van der Waals surface area contributed by atoms with Crippen LogP contribution in [0, 0.1) is 12.7 Å². The van der Waals surface area contributed by atoms with Gasteiger partial charge in [-0.15, -0.1) is 5.10 Å². The molecule has 1 aromatic heterocycles. The number of carbonyl (C=O) groups excluding carboxylic acids is 1. The van der Waals surface area contributed by atoms with Gasteiger partial charge in [-0.25, -0.2) is 9.07 Å². The minimum atomic E-state index is -0.348. The molecule has 0 saturated carbocycles. The highest BCUT2D eigenvalue weighted by molar-refractivity contribution is 6.35. The minimum Gasteiger partial charge on any atom is -0.396 e.